The van der Waals surface area contributed by atoms with Gasteiger partial charge >= 0.3 is 0 Å². The highest BCUT2D eigenvalue weighted by Crippen LogP contribution is 2.53. The summed E-state index contributed by atoms with van der Waals surface area (Å²) in [5.74, 6) is 0.767. The Hall–Kier alpha value is -1.86. The molecule has 0 amide bonds. The van der Waals surface area contributed by atoms with E-state index in [1.165, 1.54) is 29.2 Å². The SMILES string of the molecule is CC=CS(=O)(=O)NCCOc1ccc2c(c1)C(C1(c3ccc(Cl)cc3)CCC1)NCC2. The third kappa shape index (κ3) is 4.82. The zero-order valence-corrected chi connectivity index (χ0v) is 19.3. The fraction of sp³-hybridized carbons (Fsp3) is 0.417. The molecule has 1 saturated carbocycles. The predicted molar refractivity (Wildman–Crippen MR) is 125 cm³/mol. The number of allylic oxidation sites excluding steroid dienone is 1. The minimum absolute atomic E-state index is 0.0699. The molecule has 1 aliphatic heterocycles. The maximum Gasteiger partial charge on any atom is 0.233 e. The zero-order chi connectivity index (χ0) is 21.9. The van der Waals surface area contributed by atoms with E-state index in [2.05, 4.69) is 34.3 Å². The summed E-state index contributed by atoms with van der Waals surface area (Å²) in [5, 5.41) is 5.68. The largest absolute Gasteiger partial charge is 0.492 e. The summed E-state index contributed by atoms with van der Waals surface area (Å²) in [6.45, 7) is 3.13. The summed E-state index contributed by atoms with van der Waals surface area (Å²) >= 11 is 6.14. The molecule has 0 spiro atoms. The van der Waals surface area contributed by atoms with Gasteiger partial charge in [-0.05, 0) is 73.7 Å². The van der Waals surface area contributed by atoms with Gasteiger partial charge in [-0.25, -0.2) is 13.1 Å². The van der Waals surface area contributed by atoms with Crippen molar-refractivity contribution in [1.82, 2.24) is 10.0 Å². The summed E-state index contributed by atoms with van der Waals surface area (Å²) in [6.07, 6.45) is 5.99. The van der Waals surface area contributed by atoms with E-state index in [4.69, 9.17) is 16.3 Å². The van der Waals surface area contributed by atoms with E-state index in [9.17, 15) is 8.42 Å². The lowest BCUT2D eigenvalue weighted by atomic mass is 9.58. The van der Waals surface area contributed by atoms with Crippen LogP contribution in [0.3, 0.4) is 0 Å². The zero-order valence-electron chi connectivity index (χ0n) is 17.7. The van der Waals surface area contributed by atoms with Crippen LogP contribution in [0.25, 0.3) is 0 Å². The molecule has 2 aliphatic rings. The normalized spacial score (nSPS) is 20.3. The number of nitrogens with one attached hydrogen (secondary N) is 2. The van der Waals surface area contributed by atoms with Crippen LogP contribution in [0.2, 0.25) is 5.02 Å². The first-order chi connectivity index (χ1) is 14.9. The second-order valence-corrected chi connectivity index (χ2v) is 10.4. The van der Waals surface area contributed by atoms with Gasteiger partial charge in [0.05, 0.1) is 0 Å². The van der Waals surface area contributed by atoms with Crippen LogP contribution in [0.15, 0.2) is 53.9 Å². The Morgan fingerprint density at radius 1 is 1.23 bits per heavy atom. The van der Waals surface area contributed by atoms with E-state index >= 15 is 0 Å². The van der Waals surface area contributed by atoms with E-state index in [1.807, 2.05) is 18.2 Å². The van der Waals surface area contributed by atoms with Crippen molar-refractivity contribution in [1.29, 1.82) is 0 Å². The monoisotopic (exact) mass is 460 g/mol. The number of rotatable bonds is 8. The van der Waals surface area contributed by atoms with Crippen LogP contribution in [0.4, 0.5) is 0 Å². The maximum atomic E-state index is 11.7. The highest BCUT2D eigenvalue weighted by Gasteiger charge is 2.47. The Morgan fingerprint density at radius 2 is 2.00 bits per heavy atom. The number of hydrogen-bond donors (Lipinski definition) is 2. The third-order valence-corrected chi connectivity index (χ3v) is 7.87. The van der Waals surface area contributed by atoms with Gasteiger partial charge in [-0.1, -0.05) is 42.3 Å². The molecule has 1 aliphatic carbocycles. The van der Waals surface area contributed by atoms with E-state index < -0.39 is 10.0 Å². The van der Waals surface area contributed by atoms with Crippen molar-refractivity contribution in [2.75, 3.05) is 19.7 Å². The number of benzene rings is 2. The fourth-order valence-electron chi connectivity index (χ4n) is 4.78. The molecule has 2 aromatic carbocycles. The molecule has 0 radical (unpaired) electrons. The Bertz CT molecular complexity index is 1050. The van der Waals surface area contributed by atoms with Crippen molar-refractivity contribution >= 4 is 21.6 Å². The minimum Gasteiger partial charge on any atom is -0.492 e. The van der Waals surface area contributed by atoms with Gasteiger partial charge in [-0.2, -0.15) is 0 Å². The highest BCUT2D eigenvalue weighted by atomic mass is 35.5. The summed E-state index contributed by atoms with van der Waals surface area (Å²) < 4.78 is 31.8. The third-order valence-electron chi connectivity index (χ3n) is 6.38. The van der Waals surface area contributed by atoms with E-state index in [0.29, 0.717) is 0 Å². The highest BCUT2D eigenvalue weighted by molar-refractivity contribution is 7.92. The average molecular weight is 461 g/mol. The van der Waals surface area contributed by atoms with E-state index in [-0.39, 0.29) is 24.6 Å². The molecule has 4 rings (SSSR count). The summed E-state index contributed by atoms with van der Waals surface area (Å²) in [6, 6.07) is 14.8. The van der Waals surface area contributed by atoms with Gasteiger partial charge in [0, 0.05) is 28.4 Å². The minimum atomic E-state index is -3.39. The van der Waals surface area contributed by atoms with Gasteiger partial charge in [0.2, 0.25) is 10.0 Å². The van der Waals surface area contributed by atoms with Gasteiger partial charge < -0.3 is 10.1 Å². The van der Waals surface area contributed by atoms with Crippen LogP contribution in [0.5, 0.6) is 5.75 Å². The maximum absolute atomic E-state index is 11.7. The Balaban J connectivity index is 1.52. The molecule has 31 heavy (non-hydrogen) atoms. The summed E-state index contributed by atoms with van der Waals surface area (Å²) in [5.41, 5.74) is 4.04. The lowest BCUT2D eigenvalue weighted by molar-refractivity contribution is 0.164. The molecule has 2 N–H and O–H groups in total. The molecule has 166 valence electrons. The van der Waals surface area contributed by atoms with Crippen LogP contribution in [-0.2, 0) is 21.9 Å². The quantitative estimate of drug-likeness (QED) is 0.570. The van der Waals surface area contributed by atoms with Gasteiger partial charge in [-0.15, -0.1) is 0 Å². The van der Waals surface area contributed by atoms with Crippen molar-refractivity contribution in [3.05, 3.63) is 75.7 Å². The molecule has 1 unspecified atom stereocenters. The van der Waals surface area contributed by atoms with Crippen molar-refractivity contribution in [3.8, 4) is 5.75 Å². The predicted octanol–water partition coefficient (Wildman–Crippen LogP) is 4.48. The molecule has 1 heterocycles. The van der Waals surface area contributed by atoms with E-state index in [1.54, 1.807) is 6.92 Å². The molecular formula is C24H29ClN2O3S. The molecule has 0 aromatic heterocycles. The van der Waals surface area contributed by atoms with Crippen LogP contribution in [-0.4, -0.2) is 28.1 Å². The smallest absolute Gasteiger partial charge is 0.233 e. The van der Waals surface area contributed by atoms with Crippen LogP contribution >= 0.6 is 11.6 Å². The standard InChI is InChI=1S/C24H29ClN2O3S/c1-2-16-31(28,29)27-14-15-30-21-9-4-18-10-13-26-23(22(18)17-21)24(11-3-12-24)19-5-7-20(25)8-6-19/h2,4-9,16-17,23,26-27H,3,10-15H2,1H3. The molecule has 0 saturated heterocycles. The first-order valence-electron chi connectivity index (χ1n) is 10.8. The Morgan fingerprint density at radius 3 is 2.68 bits per heavy atom. The van der Waals surface area contributed by atoms with Gasteiger partial charge in [-0.3, -0.25) is 0 Å². The lowest BCUT2D eigenvalue weighted by Gasteiger charge is -2.50. The Kier molecular flexibility index (Phi) is 6.72. The van der Waals surface area contributed by atoms with Crippen LogP contribution < -0.4 is 14.8 Å². The first-order valence-corrected chi connectivity index (χ1v) is 12.7. The number of sulfonamides is 1. The molecule has 1 fully saturated rings. The van der Waals surface area contributed by atoms with Gasteiger partial charge in [0.15, 0.2) is 0 Å². The summed E-state index contributed by atoms with van der Waals surface area (Å²) in [4.78, 5) is 0. The number of ether oxygens (including phenoxy) is 1. The number of hydrogen-bond acceptors (Lipinski definition) is 4. The molecule has 2 aromatic rings. The first kappa shape index (κ1) is 22.3. The fourth-order valence-corrected chi connectivity index (χ4v) is 5.73. The molecule has 5 nitrogen and oxygen atoms in total. The van der Waals surface area contributed by atoms with Crippen molar-refractivity contribution in [2.45, 2.75) is 44.1 Å². The Labute approximate surface area is 189 Å². The van der Waals surface area contributed by atoms with Crippen LogP contribution in [0, 0.1) is 0 Å². The summed E-state index contributed by atoms with van der Waals surface area (Å²) in [7, 11) is -3.39. The molecule has 0 bridgehead atoms. The number of halogens is 1. The number of fused-ring (bicyclic) bond motifs is 1. The van der Waals surface area contributed by atoms with Crippen molar-refractivity contribution in [2.24, 2.45) is 0 Å². The molecule has 7 heteroatoms. The van der Waals surface area contributed by atoms with Gasteiger partial charge in [0.25, 0.3) is 0 Å². The van der Waals surface area contributed by atoms with Crippen molar-refractivity contribution in [3.63, 3.8) is 0 Å². The average Bonchev–Trinajstić information content (AvgIpc) is 2.72. The van der Waals surface area contributed by atoms with E-state index in [0.717, 1.165) is 42.0 Å². The van der Waals surface area contributed by atoms with Crippen molar-refractivity contribution < 1.29 is 13.2 Å². The topological polar surface area (TPSA) is 67.4 Å². The van der Waals surface area contributed by atoms with Gasteiger partial charge in [0.1, 0.15) is 12.4 Å². The molecule has 1 atom stereocenters. The second kappa shape index (κ2) is 9.33. The van der Waals surface area contributed by atoms with Crippen LogP contribution in [0.1, 0.15) is 48.9 Å². The lowest BCUT2D eigenvalue weighted by Crippen LogP contribution is -2.49. The second-order valence-electron chi connectivity index (χ2n) is 8.27. The molecular weight excluding hydrogens is 432 g/mol.